The van der Waals surface area contributed by atoms with Crippen molar-refractivity contribution in [1.82, 2.24) is 14.9 Å². The number of imidazole rings is 1. The second kappa shape index (κ2) is 8.71. The molecule has 33 heavy (non-hydrogen) atoms. The highest BCUT2D eigenvalue weighted by molar-refractivity contribution is 7.92. The lowest BCUT2D eigenvalue weighted by Crippen LogP contribution is -2.39. The van der Waals surface area contributed by atoms with E-state index in [9.17, 15) is 13.2 Å². The Morgan fingerprint density at radius 1 is 0.970 bits per heavy atom. The molecule has 0 bridgehead atoms. The molecule has 1 aliphatic heterocycles. The van der Waals surface area contributed by atoms with Gasteiger partial charge in [0.15, 0.2) is 0 Å². The maximum atomic E-state index is 13.1. The molecule has 1 amide bonds. The Hall–Kier alpha value is -3.65. The topological polar surface area (TPSA) is 95.2 Å². The fourth-order valence-electron chi connectivity index (χ4n) is 4.23. The molecule has 7 nitrogen and oxygen atoms in total. The van der Waals surface area contributed by atoms with E-state index < -0.39 is 10.0 Å². The van der Waals surface area contributed by atoms with E-state index in [0.717, 1.165) is 29.7 Å². The van der Waals surface area contributed by atoms with Crippen molar-refractivity contribution in [3.63, 3.8) is 0 Å². The van der Waals surface area contributed by atoms with Crippen molar-refractivity contribution in [3.05, 3.63) is 90.3 Å². The Kier molecular flexibility index (Phi) is 5.60. The van der Waals surface area contributed by atoms with Gasteiger partial charge in [-0.25, -0.2) is 13.4 Å². The van der Waals surface area contributed by atoms with E-state index >= 15 is 0 Å². The summed E-state index contributed by atoms with van der Waals surface area (Å²) in [5, 5.41) is 0. The van der Waals surface area contributed by atoms with Crippen molar-refractivity contribution in [1.29, 1.82) is 0 Å². The van der Waals surface area contributed by atoms with E-state index in [4.69, 9.17) is 4.98 Å². The molecule has 1 fully saturated rings. The van der Waals surface area contributed by atoms with Crippen LogP contribution in [-0.2, 0) is 10.0 Å². The number of benzene rings is 3. The number of rotatable bonds is 5. The highest BCUT2D eigenvalue weighted by atomic mass is 32.2. The molecule has 1 aromatic heterocycles. The molecular formula is C25H24N4O3S. The normalized spacial score (nSPS) is 16.6. The minimum absolute atomic E-state index is 0.0618. The summed E-state index contributed by atoms with van der Waals surface area (Å²) in [4.78, 5) is 23.3. The first-order valence-electron chi connectivity index (χ1n) is 10.9. The quantitative estimate of drug-likeness (QED) is 0.462. The number of likely N-dealkylation sites (tertiary alicyclic amines) is 1. The van der Waals surface area contributed by atoms with Gasteiger partial charge in [-0.2, -0.15) is 0 Å². The number of sulfonamides is 1. The maximum absolute atomic E-state index is 13.1. The van der Waals surface area contributed by atoms with E-state index in [-0.39, 0.29) is 16.7 Å². The lowest BCUT2D eigenvalue weighted by molar-refractivity contribution is 0.0705. The van der Waals surface area contributed by atoms with Gasteiger partial charge in [0.2, 0.25) is 0 Å². The summed E-state index contributed by atoms with van der Waals surface area (Å²) in [5.74, 6) is 1.01. The van der Waals surface area contributed by atoms with Crippen LogP contribution in [0.15, 0.2) is 83.8 Å². The molecule has 1 atom stereocenters. The van der Waals surface area contributed by atoms with Crippen LogP contribution in [0.1, 0.15) is 34.9 Å². The summed E-state index contributed by atoms with van der Waals surface area (Å²) < 4.78 is 27.6. The van der Waals surface area contributed by atoms with Crippen LogP contribution in [-0.4, -0.2) is 42.3 Å². The monoisotopic (exact) mass is 460 g/mol. The van der Waals surface area contributed by atoms with Crippen LogP contribution in [0.2, 0.25) is 0 Å². The number of aromatic nitrogens is 2. The van der Waals surface area contributed by atoms with Crippen LogP contribution in [0, 0.1) is 0 Å². The van der Waals surface area contributed by atoms with E-state index in [1.54, 1.807) is 42.5 Å². The standard InChI is InChI=1S/C25H24N4O3S/c30-25(18-12-14-20(15-13-18)28-33(31,32)21-8-2-1-3-9-21)29-16-6-7-19(17-29)24-26-22-10-4-5-11-23(22)27-24/h1-5,8-15,19,28H,6-7,16-17H2,(H,26,27). The number of hydrogen-bond donors (Lipinski definition) is 2. The van der Waals surface area contributed by atoms with Gasteiger partial charge >= 0.3 is 0 Å². The van der Waals surface area contributed by atoms with Crippen LogP contribution >= 0.6 is 0 Å². The minimum atomic E-state index is -3.67. The highest BCUT2D eigenvalue weighted by Crippen LogP contribution is 2.28. The zero-order valence-corrected chi connectivity index (χ0v) is 18.8. The van der Waals surface area contributed by atoms with E-state index in [0.29, 0.717) is 24.3 Å². The Morgan fingerprint density at radius 2 is 1.70 bits per heavy atom. The molecule has 4 aromatic rings. The minimum Gasteiger partial charge on any atom is -0.342 e. The van der Waals surface area contributed by atoms with Crippen molar-refractivity contribution in [2.45, 2.75) is 23.7 Å². The van der Waals surface area contributed by atoms with Crippen molar-refractivity contribution in [3.8, 4) is 0 Å². The van der Waals surface area contributed by atoms with Crippen molar-refractivity contribution in [2.75, 3.05) is 17.8 Å². The second-order valence-corrected chi connectivity index (χ2v) is 9.91. The number of carbonyl (C=O) groups is 1. The second-order valence-electron chi connectivity index (χ2n) is 8.23. The number of carbonyl (C=O) groups excluding carboxylic acids is 1. The average Bonchev–Trinajstić information content (AvgIpc) is 3.29. The molecule has 3 aromatic carbocycles. The molecule has 0 radical (unpaired) electrons. The van der Waals surface area contributed by atoms with E-state index in [2.05, 4.69) is 9.71 Å². The Labute approximate surface area is 192 Å². The van der Waals surface area contributed by atoms with Crippen LogP contribution < -0.4 is 4.72 Å². The Morgan fingerprint density at radius 3 is 2.45 bits per heavy atom. The van der Waals surface area contributed by atoms with E-state index in [1.165, 1.54) is 12.1 Å². The van der Waals surface area contributed by atoms with Crippen molar-refractivity contribution >= 4 is 32.7 Å². The van der Waals surface area contributed by atoms with Crippen molar-refractivity contribution in [2.24, 2.45) is 0 Å². The van der Waals surface area contributed by atoms with Crippen LogP contribution in [0.4, 0.5) is 5.69 Å². The Balaban J connectivity index is 1.28. The number of para-hydroxylation sites is 2. The first kappa shape index (κ1) is 21.2. The third-order valence-electron chi connectivity index (χ3n) is 5.94. The molecule has 1 aliphatic rings. The van der Waals surface area contributed by atoms with Gasteiger partial charge < -0.3 is 9.88 Å². The van der Waals surface area contributed by atoms with Crippen LogP contribution in [0.25, 0.3) is 11.0 Å². The lowest BCUT2D eigenvalue weighted by atomic mass is 9.96. The zero-order valence-electron chi connectivity index (χ0n) is 17.9. The molecule has 0 saturated carbocycles. The highest BCUT2D eigenvalue weighted by Gasteiger charge is 2.27. The third kappa shape index (κ3) is 4.47. The summed E-state index contributed by atoms with van der Waals surface area (Å²) in [7, 11) is -3.67. The maximum Gasteiger partial charge on any atom is 0.261 e. The molecule has 2 N–H and O–H groups in total. The number of fused-ring (bicyclic) bond motifs is 1. The summed E-state index contributed by atoms with van der Waals surface area (Å²) in [5.41, 5.74) is 2.88. The van der Waals surface area contributed by atoms with Gasteiger partial charge in [-0.15, -0.1) is 0 Å². The summed E-state index contributed by atoms with van der Waals surface area (Å²) >= 11 is 0. The van der Waals surface area contributed by atoms with E-state index in [1.807, 2.05) is 29.2 Å². The molecule has 168 valence electrons. The molecule has 0 aliphatic carbocycles. The summed E-state index contributed by atoms with van der Waals surface area (Å²) in [6.45, 7) is 1.29. The number of nitrogens with zero attached hydrogens (tertiary/aromatic N) is 2. The third-order valence-corrected chi connectivity index (χ3v) is 7.34. The predicted octanol–water partition coefficient (Wildman–Crippen LogP) is 4.38. The smallest absolute Gasteiger partial charge is 0.261 e. The molecule has 5 rings (SSSR count). The number of H-pyrrole nitrogens is 1. The average molecular weight is 461 g/mol. The first-order chi connectivity index (χ1) is 16.0. The van der Waals surface area contributed by atoms with Gasteiger partial charge in [0.1, 0.15) is 5.82 Å². The first-order valence-corrected chi connectivity index (χ1v) is 12.4. The fraction of sp³-hybridized carbons (Fsp3) is 0.200. The Bertz CT molecular complexity index is 1350. The van der Waals surface area contributed by atoms with Crippen LogP contribution in [0.3, 0.4) is 0 Å². The number of aromatic amines is 1. The zero-order chi connectivity index (χ0) is 22.8. The number of piperidine rings is 1. The van der Waals surface area contributed by atoms with Crippen molar-refractivity contribution < 1.29 is 13.2 Å². The number of nitrogens with one attached hydrogen (secondary N) is 2. The molecular weight excluding hydrogens is 436 g/mol. The van der Waals surface area contributed by atoms with Gasteiger partial charge in [-0.3, -0.25) is 9.52 Å². The molecule has 0 spiro atoms. The van der Waals surface area contributed by atoms with Gasteiger partial charge in [0, 0.05) is 30.3 Å². The summed E-state index contributed by atoms with van der Waals surface area (Å²) in [6, 6.07) is 22.7. The number of anilines is 1. The van der Waals surface area contributed by atoms with Gasteiger partial charge in [0.25, 0.3) is 15.9 Å². The number of amides is 1. The van der Waals surface area contributed by atoms with Gasteiger partial charge in [-0.1, -0.05) is 30.3 Å². The summed E-state index contributed by atoms with van der Waals surface area (Å²) in [6.07, 6.45) is 1.88. The predicted molar refractivity (Wildman–Crippen MR) is 128 cm³/mol. The van der Waals surface area contributed by atoms with Crippen LogP contribution in [0.5, 0.6) is 0 Å². The molecule has 2 heterocycles. The largest absolute Gasteiger partial charge is 0.342 e. The SMILES string of the molecule is O=C(c1ccc(NS(=O)(=O)c2ccccc2)cc1)N1CCCC(c2nc3ccccc3[nH]2)C1. The van der Waals surface area contributed by atoms with Gasteiger partial charge in [-0.05, 0) is 61.4 Å². The molecule has 1 unspecified atom stereocenters. The molecule has 8 heteroatoms. The van der Waals surface area contributed by atoms with Gasteiger partial charge in [0.05, 0.1) is 15.9 Å². The number of hydrogen-bond acceptors (Lipinski definition) is 4. The lowest BCUT2D eigenvalue weighted by Gasteiger charge is -2.32. The molecule has 1 saturated heterocycles. The fourth-order valence-corrected chi connectivity index (χ4v) is 5.31.